The molecule has 0 amide bonds. The maximum atomic E-state index is 6.07. The predicted octanol–water partition coefficient (Wildman–Crippen LogP) is 3.80. The molecule has 0 saturated heterocycles. The standard InChI is InChI=1S/C16H20ClN3/c1-11(12-5-3-6-13(17)9-12)19-15-7-4-8-16-14(15)10-18-20(16)2/h3,5-6,9-11,15,19H,4,7-8H2,1-2H3/t11-,15?/m0/s1. The largest absolute Gasteiger partial charge is 0.303 e. The maximum Gasteiger partial charge on any atom is 0.0540 e. The van der Waals surface area contributed by atoms with E-state index in [4.69, 9.17) is 11.6 Å². The molecule has 1 aromatic heterocycles. The highest BCUT2D eigenvalue weighted by Crippen LogP contribution is 2.31. The number of fused-ring (bicyclic) bond motifs is 1. The molecule has 1 aliphatic carbocycles. The van der Waals surface area contributed by atoms with Gasteiger partial charge in [-0.25, -0.2) is 0 Å². The molecule has 1 aliphatic rings. The molecule has 0 radical (unpaired) electrons. The van der Waals surface area contributed by atoms with Crippen molar-refractivity contribution in [2.45, 2.75) is 38.3 Å². The minimum Gasteiger partial charge on any atom is -0.303 e. The Kier molecular flexibility index (Phi) is 3.81. The van der Waals surface area contributed by atoms with Crippen molar-refractivity contribution < 1.29 is 0 Å². The van der Waals surface area contributed by atoms with Crippen molar-refractivity contribution >= 4 is 11.6 Å². The summed E-state index contributed by atoms with van der Waals surface area (Å²) >= 11 is 6.07. The zero-order valence-corrected chi connectivity index (χ0v) is 12.7. The summed E-state index contributed by atoms with van der Waals surface area (Å²) < 4.78 is 2.01. The van der Waals surface area contributed by atoms with Crippen LogP contribution in [0.1, 0.15) is 48.7 Å². The van der Waals surface area contributed by atoms with Crippen molar-refractivity contribution in [3.63, 3.8) is 0 Å². The van der Waals surface area contributed by atoms with E-state index in [0.717, 1.165) is 11.4 Å². The molecule has 1 aromatic carbocycles. The first-order valence-corrected chi connectivity index (χ1v) is 7.55. The van der Waals surface area contributed by atoms with Crippen molar-refractivity contribution in [3.8, 4) is 0 Å². The third-order valence-electron chi connectivity index (χ3n) is 4.18. The van der Waals surface area contributed by atoms with Crippen LogP contribution in [0.4, 0.5) is 0 Å². The van der Waals surface area contributed by atoms with Crippen LogP contribution in [0.25, 0.3) is 0 Å². The highest BCUT2D eigenvalue weighted by Gasteiger charge is 2.24. The smallest absolute Gasteiger partial charge is 0.0540 e. The lowest BCUT2D eigenvalue weighted by molar-refractivity contribution is 0.411. The molecule has 0 aliphatic heterocycles. The molecule has 0 spiro atoms. The lowest BCUT2D eigenvalue weighted by atomic mass is 9.92. The number of rotatable bonds is 3. The van der Waals surface area contributed by atoms with Crippen LogP contribution in [0.5, 0.6) is 0 Å². The minimum atomic E-state index is 0.282. The summed E-state index contributed by atoms with van der Waals surface area (Å²) in [6.45, 7) is 2.19. The first kappa shape index (κ1) is 13.7. The lowest BCUT2D eigenvalue weighted by Crippen LogP contribution is -2.27. The number of aromatic nitrogens is 2. The van der Waals surface area contributed by atoms with Crippen LogP contribution >= 0.6 is 11.6 Å². The van der Waals surface area contributed by atoms with Crippen molar-refractivity contribution in [1.29, 1.82) is 0 Å². The normalized spacial score (nSPS) is 19.6. The summed E-state index contributed by atoms with van der Waals surface area (Å²) in [6.07, 6.45) is 5.53. The topological polar surface area (TPSA) is 29.9 Å². The van der Waals surface area contributed by atoms with Gasteiger partial charge in [-0.2, -0.15) is 5.10 Å². The van der Waals surface area contributed by atoms with Gasteiger partial charge in [-0.3, -0.25) is 4.68 Å². The Morgan fingerprint density at radius 1 is 1.45 bits per heavy atom. The van der Waals surface area contributed by atoms with Crippen LogP contribution < -0.4 is 5.32 Å². The first-order chi connectivity index (χ1) is 9.65. The molecule has 1 unspecified atom stereocenters. The first-order valence-electron chi connectivity index (χ1n) is 7.17. The van der Waals surface area contributed by atoms with Crippen LogP contribution in [0.15, 0.2) is 30.5 Å². The second-order valence-corrected chi connectivity index (χ2v) is 5.99. The third kappa shape index (κ3) is 2.60. The molecule has 3 rings (SSSR count). The van der Waals surface area contributed by atoms with Crippen LogP contribution in [0.3, 0.4) is 0 Å². The molecule has 4 heteroatoms. The predicted molar refractivity (Wildman–Crippen MR) is 81.9 cm³/mol. The van der Waals surface area contributed by atoms with Gasteiger partial charge in [0.15, 0.2) is 0 Å². The van der Waals surface area contributed by atoms with E-state index in [0.29, 0.717) is 6.04 Å². The lowest BCUT2D eigenvalue weighted by Gasteiger charge is -2.27. The molecule has 3 nitrogen and oxygen atoms in total. The second kappa shape index (κ2) is 5.58. The Morgan fingerprint density at radius 2 is 2.30 bits per heavy atom. The van der Waals surface area contributed by atoms with E-state index in [9.17, 15) is 0 Å². The number of benzene rings is 1. The van der Waals surface area contributed by atoms with Gasteiger partial charge in [-0.15, -0.1) is 0 Å². The Hall–Kier alpha value is -1.32. The molecule has 0 fully saturated rings. The van der Waals surface area contributed by atoms with E-state index in [1.165, 1.54) is 29.7 Å². The highest BCUT2D eigenvalue weighted by molar-refractivity contribution is 6.30. The summed E-state index contributed by atoms with van der Waals surface area (Å²) in [4.78, 5) is 0. The molecule has 1 heterocycles. The highest BCUT2D eigenvalue weighted by atomic mass is 35.5. The van der Waals surface area contributed by atoms with Gasteiger partial charge in [0.2, 0.25) is 0 Å². The second-order valence-electron chi connectivity index (χ2n) is 5.56. The average Bonchev–Trinajstić information content (AvgIpc) is 2.82. The molecule has 2 aromatic rings. The van der Waals surface area contributed by atoms with Gasteiger partial charge >= 0.3 is 0 Å². The SMILES string of the molecule is C[C@H](NC1CCCc2c1cnn2C)c1cccc(Cl)c1. The molecule has 0 bridgehead atoms. The van der Waals surface area contributed by atoms with E-state index in [1.54, 1.807) is 0 Å². The summed E-state index contributed by atoms with van der Waals surface area (Å²) in [6, 6.07) is 8.75. The number of nitrogens with one attached hydrogen (secondary N) is 1. The fraction of sp³-hybridized carbons (Fsp3) is 0.438. The van der Waals surface area contributed by atoms with Gasteiger partial charge < -0.3 is 5.32 Å². The molecule has 0 saturated carbocycles. The van der Waals surface area contributed by atoms with Gasteiger partial charge in [0, 0.05) is 35.4 Å². The van der Waals surface area contributed by atoms with Crippen LogP contribution in [-0.4, -0.2) is 9.78 Å². The quantitative estimate of drug-likeness (QED) is 0.931. The van der Waals surface area contributed by atoms with E-state index >= 15 is 0 Å². The zero-order chi connectivity index (χ0) is 14.1. The summed E-state index contributed by atoms with van der Waals surface area (Å²) in [5.41, 5.74) is 3.95. The minimum absolute atomic E-state index is 0.282. The number of hydrogen-bond donors (Lipinski definition) is 1. The molecular weight excluding hydrogens is 270 g/mol. The Labute approximate surface area is 124 Å². The average molecular weight is 290 g/mol. The molecule has 1 N–H and O–H groups in total. The van der Waals surface area contributed by atoms with Gasteiger partial charge in [0.1, 0.15) is 0 Å². The molecule has 20 heavy (non-hydrogen) atoms. The molecule has 2 atom stereocenters. The van der Waals surface area contributed by atoms with Crippen molar-refractivity contribution in [3.05, 3.63) is 52.3 Å². The summed E-state index contributed by atoms with van der Waals surface area (Å²) in [5, 5.41) is 8.91. The number of aryl methyl sites for hydroxylation is 1. The van der Waals surface area contributed by atoms with Gasteiger partial charge in [0.25, 0.3) is 0 Å². The number of halogens is 1. The number of nitrogens with zero attached hydrogens (tertiary/aromatic N) is 2. The monoisotopic (exact) mass is 289 g/mol. The van der Waals surface area contributed by atoms with E-state index in [1.807, 2.05) is 36.1 Å². The fourth-order valence-corrected chi connectivity index (χ4v) is 3.25. The van der Waals surface area contributed by atoms with Gasteiger partial charge in [-0.1, -0.05) is 23.7 Å². The van der Waals surface area contributed by atoms with Crippen LogP contribution in [-0.2, 0) is 13.5 Å². The maximum absolute atomic E-state index is 6.07. The fourth-order valence-electron chi connectivity index (χ4n) is 3.05. The van der Waals surface area contributed by atoms with Gasteiger partial charge in [-0.05, 0) is 43.9 Å². The van der Waals surface area contributed by atoms with Crippen molar-refractivity contribution in [2.75, 3.05) is 0 Å². The third-order valence-corrected chi connectivity index (χ3v) is 4.41. The molecular formula is C16H20ClN3. The van der Waals surface area contributed by atoms with Gasteiger partial charge in [0.05, 0.1) is 6.20 Å². The zero-order valence-electron chi connectivity index (χ0n) is 11.9. The summed E-state index contributed by atoms with van der Waals surface area (Å²) in [7, 11) is 2.03. The van der Waals surface area contributed by atoms with E-state index < -0.39 is 0 Å². The molecule has 106 valence electrons. The van der Waals surface area contributed by atoms with Crippen molar-refractivity contribution in [2.24, 2.45) is 7.05 Å². The van der Waals surface area contributed by atoms with E-state index in [-0.39, 0.29) is 6.04 Å². The van der Waals surface area contributed by atoms with Crippen molar-refractivity contribution in [1.82, 2.24) is 15.1 Å². The van der Waals surface area contributed by atoms with E-state index in [2.05, 4.69) is 23.4 Å². The van der Waals surface area contributed by atoms with Crippen LogP contribution in [0, 0.1) is 0 Å². The summed E-state index contributed by atoms with van der Waals surface area (Å²) in [5.74, 6) is 0. The Morgan fingerprint density at radius 3 is 3.10 bits per heavy atom. The van der Waals surface area contributed by atoms with Crippen LogP contribution in [0.2, 0.25) is 5.02 Å². The Bertz CT molecular complexity index is 606. The Balaban J connectivity index is 1.78. The number of hydrogen-bond acceptors (Lipinski definition) is 2.